The molecule has 0 bridgehead atoms. The Labute approximate surface area is 98.0 Å². The maximum atomic E-state index is 12.1. The van der Waals surface area contributed by atoms with Crippen molar-refractivity contribution >= 4 is 11.7 Å². The first kappa shape index (κ1) is 15.1. The van der Waals surface area contributed by atoms with Crippen LogP contribution in [-0.2, 0) is 9.59 Å². The number of carbonyl (C=O) groups excluding carboxylic acids is 2. The van der Waals surface area contributed by atoms with Gasteiger partial charge in [-0.25, -0.2) is 0 Å². The summed E-state index contributed by atoms with van der Waals surface area (Å²) >= 11 is 0. The van der Waals surface area contributed by atoms with E-state index in [-0.39, 0.29) is 17.7 Å². The molecule has 1 atom stereocenters. The third-order valence-corrected chi connectivity index (χ3v) is 2.07. The van der Waals surface area contributed by atoms with Crippen molar-refractivity contribution in [3.8, 4) is 0 Å². The van der Waals surface area contributed by atoms with Gasteiger partial charge in [-0.05, 0) is 20.8 Å². The van der Waals surface area contributed by atoms with Crippen molar-refractivity contribution in [2.75, 3.05) is 0 Å². The van der Waals surface area contributed by atoms with E-state index >= 15 is 0 Å². The minimum absolute atomic E-state index is 0.0150. The lowest BCUT2D eigenvalue weighted by Gasteiger charge is -2.31. The Bertz CT molecular complexity index is 272. The van der Waals surface area contributed by atoms with Crippen LogP contribution in [0.2, 0.25) is 0 Å². The molecule has 0 spiro atoms. The van der Waals surface area contributed by atoms with Crippen LogP contribution in [-0.4, -0.2) is 23.3 Å². The number of rotatable bonds is 4. The molecule has 0 radical (unpaired) electrons. The molecule has 4 nitrogen and oxygen atoms in total. The Kier molecular flexibility index (Phi) is 4.68. The number of ketones is 1. The van der Waals surface area contributed by atoms with Crippen LogP contribution < -0.4 is 11.1 Å². The lowest BCUT2D eigenvalue weighted by atomic mass is 9.84. The van der Waals surface area contributed by atoms with Crippen LogP contribution in [0.3, 0.4) is 0 Å². The van der Waals surface area contributed by atoms with Gasteiger partial charge in [0.1, 0.15) is 0 Å². The summed E-state index contributed by atoms with van der Waals surface area (Å²) in [7, 11) is 0. The van der Waals surface area contributed by atoms with Gasteiger partial charge in [-0.2, -0.15) is 0 Å². The molecule has 0 heterocycles. The predicted molar refractivity (Wildman–Crippen MR) is 65.0 cm³/mol. The fourth-order valence-electron chi connectivity index (χ4n) is 1.46. The fraction of sp³-hybridized carbons (Fsp3) is 0.833. The quantitative estimate of drug-likeness (QED) is 0.760. The minimum Gasteiger partial charge on any atom is -0.370 e. The number of amides is 1. The Balaban J connectivity index is 4.81. The molecule has 0 aliphatic carbocycles. The molecule has 0 saturated heterocycles. The number of carbonyl (C=O) groups is 2. The summed E-state index contributed by atoms with van der Waals surface area (Å²) < 4.78 is 0. The molecule has 0 rings (SSSR count). The van der Waals surface area contributed by atoms with Gasteiger partial charge in [-0.3, -0.25) is 9.59 Å². The first-order valence-corrected chi connectivity index (χ1v) is 5.54. The van der Waals surface area contributed by atoms with Crippen LogP contribution in [0, 0.1) is 5.41 Å². The second-order valence-electron chi connectivity index (χ2n) is 6.23. The highest BCUT2D eigenvalue weighted by Crippen LogP contribution is 2.19. The Hall–Kier alpha value is -0.900. The van der Waals surface area contributed by atoms with Gasteiger partial charge in [0.2, 0.25) is 5.91 Å². The second-order valence-corrected chi connectivity index (χ2v) is 6.23. The largest absolute Gasteiger partial charge is 0.370 e. The first-order valence-electron chi connectivity index (χ1n) is 5.54. The number of Topliss-reactive ketones (excluding diaryl/α,β-unsaturated/α-hetero) is 1. The molecule has 4 heteroatoms. The van der Waals surface area contributed by atoms with Crippen molar-refractivity contribution in [1.29, 1.82) is 0 Å². The molecule has 0 unspecified atom stereocenters. The third kappa shape index (κ3) is 5.85. The molecule has 0 aromatic heterocycles. The third-order valence-electron chi connectivity index (χ3n) is 2.07. The summed E-state index contributed by atoms with van der Waals surface area (Å²) in [5, 5.41) is 3.14. The van der Waals surface area contributed by atoms with Gasteiger partial charge < -0.3 is 11.1 Å². The van der Waals surface area contributed by atoms with Crippen molar-refractivity contribution in [2.24, 2.45) is 11.1 Å². The van der Waals surface area contributed by atoms with Gasteiger partial charge in [-0.15, -0.1) is 0 Å². The standard InChI is InChI=1S/C12H24N2O2/c1-11(2,3)10(16)8(7-9(13)15)14-12(4,5)6/h8,14H,7H2,1-6H3,(H2,13,15)/t8-/m0/s1. The fourth-order valence-corrected chi connectivity index (χ4v) is 1.46. The summed E-state index contributed by atoms with van der Waals surface area (Å²) in [6, 6.07) is -0.502. The molecule has 0 fully saturated rings. The topological polar surface area (TPSA) is 72.2 Å². The summed E-state index contributed by atoms with van der Waals surface area (Å²) in [6.45, 7) is 11.4. The smallest absolute Gasteiger partial charge is 0.219 e. The zero-order valence-electron chi connectivity index (χ0n) is 11.2. The van der Waals surface area contributed by atoms with E-state index < -0.39 is 17.4 Å². The van der Waals surface area contributed by atoms with Gasteiger partial charge >= 0.3 is 0 Å². The molecule has 1 amide bonds. The summed E-state index contributed by atoms with van der Waals surface area (Å²) in [6.07, 6.45) is 0.0490. The summed E-state index contributed by atoms with van der Waals surface area (Å²) in [5.74, 6) is -0.444. The van der Waals surface area contributed by atoms with Crippen LogP contribution in [0.4, 0.5) is 0 Å². The predicted octanol–water partition coefficient (Wildman–Crippen LogP) is 1.23. The van der Waals surface area contributed by atoms with E-state index in [1.54, 1.807) is 0 Å². The van der Waals surface area contributed by atoms with Crippen molar-refractivity contribution in [2.45, 2.75) is 59.5 Å². The van der Waals surface area contributed by atoms with Crippen LogP contribution >= 0.6 is 0 Å². The van der Waals surface area contributed by atoms with E-state index in [0.29, 0.717) is 0 Å². The molecule has 0 aliphatic rings. The molecule has 0 aliphatic heterocycles. The number of primary amides is 1. The number of nitrogens with one attached hydrogen (secondary N) is 1. The zero-order valence-corrected chi connectivity index (χ0v) is 11.2. The molecule has 94 valence electrons. The van der Waals surface area contributed by atoms with E-state index in [1.165, 1.54) is 0 Å². The number of hydrogen-bond donors (Lipinski definition) is 2. The molecule has 0 aromatic carbocycles. The van der Waals surface area contributed by atoms with Gasteiger partial charge in [0.15, 0.2) is 5.78 Å². The normalized spacial score (nSPS) is 14.6. The van der Waals surface area contributed by atoms with Gasteiger partial charge in [0.25, 0.3) is 0 Å². The monoisotopic (exact) mass is 228 g/mol. The summed E-state index contributed by atoms with van der Waals surface area (Å²) in [5.41, 5.74) is 4.47. The van der Waals surface area contributed by atoms with Gasteiger partial charge in [0, 0.05) is 17.4 Å². The van der Waals surface area contributed by atoms with E-state index in [2.05, 4.69) is 5.32 Å². The maximum absolute atomic E-state index is 12.1. The van der Waals surface area contributed by atoms with Gasteiger partial charge in [0.05, 0.1) is 6.04 Å². The molecule has 16 heavy (non-hydrogen) atoms. The SMILES string of the molecule is CC(C)(C)N[C@@H](CC(N)=O)C(=O)C(C)(C)C. The highest BCUT2D eigenvalue weighted by Gasteiger charge is 2.32. The van der Waals surface area contributed by atoms with Crippen LogP contribution in [0.1, 0.15) is 48.0 Å². The van der Waals surface area contributed by atoms with Crippen molar-refractivity contribution in [3.63, 3.8) is 0 Å². The van der Waals surface area contributed by atoms with E-state index in [4.69, 9.17) is 5.73 Å². The van der Waals surface area contributed by atoms with Crippen molar-refractivity contribution < 1.29 is 9.59 Å². The minimum atomic E-state index is -0.502. The highest BCUT2D eigenvalue weighted by molar-refractivity contribution is 5.92. The summed E-state index contributed by atoms with van der Waals surface area (Å²) in [4.78, 5) is 23.1. The van der Waals surface area contributed by atoms with E-state index in [9.17, 15) is 9.59 Å². The molecular formula is C12H24N2O2. The maximum Gasteiger partial charge on any atom is 0.219 e. The molecule has 3 N–H and O–H groups in total. The number of nitrogens with two attached hydrogens (primary N) is 1. The molecule has 0 aromatic rings. The van der Waals surface area contributed by atoms with Crippen LogP contribution in [0.15, 0.2) is 0 Å². The number of hydrogen-bond acceptors (Lipinski definition) is 3. The lowest BCUT2D eigenvalue weighted by Crippen LogP contribution is -2.52. The molecular weight excluding hydrogens is 204 g/mol. The van der Waals surface area contributed by atoms with Gasteiger partial charge in [-0.1, -0.05) is 20.8 Å². The van der Waals surface area contributed by atoms with Crippen molar-refractivity contribution in [3.05, 3.63) is 0 Å². The van der Waals surface area contributed by atoms with Crippen molar-refractivity contribution in [1.82, 2.24) is 5.32 Å². The van der Waals surface area contributed by atoms with E-state index in [1.807, 2.05) is 41.5 Å². The molecule has 0 saturated carbocycles. The zero-order chi connectivity index (χ0) is 13.1. The first-order chi connectivity index (χ1) is 6.93. The van der Waals surface area contributed by atoms with Crippen LogP contribution in [0.25, 0.3) is 0 Å². The van der Waals surface area contributed by atoms with E-state index in [0.717, 1.165) is 0 Å². The average Bonchev–Trinajstić information content (AvgIpc) is 1.96. The van der Waals surface area contributed by atoms with Crippen LogP contribution in [0.5, 0.6) is 0 Å². The average molecular weight is 228 g/mol. The Morgan fingerprint density at radius 1 is 1.12 bits per heavy atom. The lowest BCUT2D eigenvalue weighted by molar-refractivity contribution is -0.131. The Morgan fingerprint density at radius 2 is 1.56 bits per heavy atom. The second kappa shape index (κ2) is 4.95. The Morgan fingerprint density at radius 3 is 1.81 bits per heavy atom. The highest BCUT2D eigenvalue weighted by atomic mass is 16.1.